The molecule has 1 aliphatic rings. The van der Waals surface area contributed by atoms with Gasteiger partial charge in [0.15, 0.2) is 0 Å². The number of carboxylic acids is 1. The van der Waals surface area contributed by atoms with Gasteiger partial charge in [-0.05, 0) is 37.8 Å². The van der Waals surface area contributed by atoms with Crippen LogP contribution in [0.25, 0.3) is 0 Å². The Balaban J connectivity index is 1.73. The molecule has 0 saturated heterocycles. The molecule has 1 atom stereocenters. The van der Waals surface area contributed by atoms with Crippen LogP contribution in [0.5, 0.6) is 0 Å². The van der Waals surface area contributed by atoms with Crippen LogP contribution in [0.2, 0.25) is 0 Å². The van der Waals surface area contributed by atoms with E-state index in [1.807, 2.05) is 0 Å². The Morgan fingerprint density at radius 2 is 2.41 bits per heavy atom. The fourth-order valence-corrected chi connectivity index (χ4v) is 2.03. The SMILES string of the molecule is O=C(O)c1coc(CNCC2CC=CCC2)c1. The van der Waals surface area contributed by atoms with Gasteiger partial charge in [-0.15, -0.1) is 0 Å². The summed E-state index contributed by atoms with van der Waals surface area (Å²) in [6.07, 6.45) is 9.25. The number of hydrogen-bond acceptors (Lipinski definition) is 3. The summed E-state index contributed by atoms with van der Waals surface area (Å²) in [5.74, 6) is 0.417. The van der Waals surface area contributed by atoms with Gasteiger partial charge in [0.05, 0.1) is 12.1 Å². The molecule has 1 aromatic rings. The van der Waals surface area contributed by atoms with Gasteiger partial charge in [-0.2, -0.15) is 0 Å². The summed E-state index contributed by atoms with van der Waals surface area (Å²) in [7, 11) is 0. The first kappa shape index (κ1) is 11.9. The topological polar surface area (TPSA) is 62.5 Å². The van der Waals surface area contributed by atoms with Crippen LogP contribution < -0.4 is 5.32 Å². The summed E-state index contributed by atoms with van der Waals surface area (Å²) in [5.41, 5.74) is 0.211. The van der Waals surface area contributed by atoms with Crippen LogP contribution >= 0.6 is 0 Å². The van der Waals surface area contributed by atoms with Crippen LogP contribution in [-0.4, -0.2) is 17.6 Å². The molecule has 0 bridgehead atoms. The third-order valence-electron chi connectivity index (χ3n) is 3.01. The van der Waals surface area contributed by atoms with E-state index in [4.69, 9.17) is 9.52 Å². The molecule has 0 aliphatic heterocycles. The predicted octanol–water partition coefficient (Wildman–Crippen LogP) is 2.42. The fourth-order valence-electron chi connectivity index (χ4n) is 2.03. The molecule has 2 N–H and O–H groups in total. The summed E-state index contributed by atoms with van der Waals surface area (Å²) in [4.78, 5) is 10.6. The largest absolute Gasteiger partial charge is 0.478 e. The minimum absolute atomic E-state index is 0.211. The zero-order chi connectivity index (χ0) is 12.1. The van der Waals surface area contributed by atoms with Crippen molar-refractivity contribution in [2.24, 2.45) is 5.92 Å². The van der Waals surface area contributed by atoms with Crippen molar-refractivity contribution < 1.29 is 14.3 Å². The van der Waals surface area contributed by atoms with Gasteiger partial charge in [0.1, 0.15) is 12.0 Å². The van der Waals surface area contributed by atoms with E-state index in [0.717, 1.165) is 19.4 Å². The van der Waals surface area contributed by atoms with Crippen LogP contribution in [0.15, 0.2) is 28.9 Å². The maximum atomic E-state index is 10.6. The number of allylic oxidation sites excluding steroid dienone is 2. The molecular weight excluding hydrogens is 218 g/mol. The molecule has 0 radical (unpaired) electrons. The molecule has 0 amide bonds. The number of aromatic carboxylic acids is 1. The first-order chi connectivity index (χ1) is 8.25. The molecule has 17 heavy (non-hydrogen) atoms. The van der Waals surface area contributed by atoms with Crippen molar-refractivity contribution in [3.63, 3.8) is 0 Å². The van der Waals surface area contributed by atoms with Crippen molar-refractivity contribution in [3.05, 3.63) is 35.8 Å². The molecule has 92 valence electrons. The number of nitrogens with one attached hydrogen (secondary N) is 1. The molecule has 2 rings (SSSR count). The second kappa shape index (κ2) is 5.68. The number of rotatable bonds is 5. The molecule has 1 unspecified atom stereocenters. The van der Waals surface area contributed by atoms with Crippen molar-refractivity contribution in [1.82, 2.24) is 5.32 Å². The van der Waals surface area contributed by atoms with Gasteiger partial charge < -0.3 is 14.8 Å². The summed E-state index contributed by atoms with van der Waals surface area (Å²) < 4.78 is 5.16. The molecule has 0 fully saturated rings. The van der Waals surface area contributed by atoms with Crippen LogP contribution in [0.4, 0.5) is 0 Å². The Labute approximate surface area is 100 Å². The van der Waals surface area contributed by atoms with Crippen molar-refractivity contribution >= 4 is 5.97 Å². The van der Waals surface area contributed by atoms with Gasteiger partial charge in [0, 0.05) is 0 Å². The van der Waals surface area contributed by atoms with Crippen molar-refractivity contribution in [2.45, 2.75) is 25.8 Å². The van der Waals surface area contributed by atoms with Gasteiger partial charge in [0.25, 0.3) is 0 Å². The smallest absolute Gasteiger partial charge is 0.338 e. The molecular formula is C13H17NO3. The molecule has 0 saturated carbocycles. The average Bonchev–Trinajstić information content (AvgIpc) is 2.79. The third kappa shape index (κ3) is 3.46. The Hall–Kier alpha value is -1.55. The summed E-state index contributed by atoms with van der Waals surface area (Å²) >= 11 is 0. The zero-order valence-electron chi connectivity index (χ0n) is 9.69. The van der Waals surface area contributed by atoms with Crippen molar-refractivity contribution in [1.29, 1.82) is 0 Å². The van der Waals surface area contributed by atoms with Crippen LogP contribution in [0, 0.1) is 5.92 Å². The molecule has 1 heterocycles. The third-order valence-corrected chi connectivity index (χ3v) is 3.01. The maximum absolute atomic E-state index is 10.6. The fraction of sp³-hybridized carbons (Fsp3) is 0.462. The lowest BCUT2D eigenvalue weighted by Gasteiger charge is -2.17. The van der Waals surface area contributed by atoms with E-state index in [1.165, 1.54) is 12.7 Å². The van der Waals surface area contributed by atoms with Gasteiger partial charge in [0.2, 0.25) is 0 Å². The first-order valence-electron chi connectivity index (χ1n) is 5.92. The number of hydrogen-bond donors (Lipinski definition) is 2. The van der Waals surface area contributed by atoms with Gasteiger partial charge in [-0.3, -0.25) is 0 Å². The van der Waals surface area contributed by atoms with Gasteiger partial charge in [-0.1, -0.05) is 12.2 Å². The average molecular weight is 235 g/mol. The van der Waals surface area contributed by atoms with E-state index in [-0.39, 0.29) is 5.56 Å². The number of furan rings is 1. The van der Waals surface area contributed by atoms with Crippen LogP contribution in [-0.2, 0) is 6.54 Å². The molecule has 0 spiro atoms. The van der Waals surface area contributed by atoms with E-state index in [9.17, 15) is 4.79 Å². The molecule has 4 nitrogen and oxygen atoms in total. The Morgan fingerprint density at radius 1 is 1.53 bits per heavy atom. The normalized spacial score (nSPS) is 19.4. The number of carboxylic acid groups (broad SMARTS) is 1. The highest BCUT2D eigenvalue weighted by Gasteiger charge is 2.11. The lowest BCUT2D eigenvalue weighted by Crippen LogP contribution is -2.22. The summed E-state index contributed by atoms with van der Waals surface area (Å²) in [6.45, 7) is 1.54. The predicted molar refractivity (Wildman–Crippen MR) is 63.9 cm³/mol. The molecule has 1 aliphatic carbocycles. The minimum Gasteiger partial charge on any atom is -0.478 e. The standard InChI is InChI=1S/C13H17NO3/c15-13(16)11-6-12(17-9-11)8-14-7-10-4-2-1-3-5-10/h1-2,6,9-10,14H,3-5,7-8H2,(H,15,16). The van der Waals surface area contributed by atoms with E-state index in [1.54, 1.807) is 6.07 Å². The lowest BCUT2D eigenvalue weighted by atomic mass is 9.94. The Kier molecular flexibility index (Phi) is 3.98. The highest BCUT2D eigenvalue weighted by Crippen LogP contribution is 2.17. The second-order valence-corrected chi connectivity index (χ2v) is 4.39. The van der Waals surface area contributed by atoms with E-state index >= 15 is 0 Å². The van der Waals surface area contributed by atoms with Crippen molar-refractivity contribution in [3.8, 4) is 0 Å². The highest BCUT2D eigenvalue weighted by atomic mass is 16.4. The van der Waals surface area contributed by atoms with Crippen LogP contribution in [0.1, 0.15) is 35.4 Å². The Morgan fingerprint density at radius 3 is 3.06 bits per heavy atom. The quantitative estimate of drug-likeness (QED) is 0.769. The van der Waals surface area contributed by atoms with E-state index in [2.05, 4.69) is 17.5 Å². The Bertz CT molecular complexity index is 409. The van der Waals surface area contributed by atoms with Gasteiger partial charge in [-0.25, -0.2) is 4.79 Å². The number of carbonyl (C=O) groups is 1. The van der Waals surface area contributed by atoms with Gasteiger partial charge >= 0.3 is 5.97 Å². The molecule has 0 aromatic carbocycles. The molecule has 1 aromatic heterocycles. The van der Waals surface area contributed by atoms with E-state index < -0.39 is 5.97 Å². The van der Waals surface area contributed by atoms with Crippen LogP contribution in [0.3, 0.4) is 0 Å². The monoisotopic (exact) mass is 235 g/mol. The van der Waals surface area contributed by atoms with Crippen molar-refractivity contribution in [2.75, 3.05) is 6.54 Å². The maximum Gasteiger partial charge on any atom is 0.338 e. The molecule has 4 heteroatoms. The second-order valence-electron chi connectivity index (χ2n) is 4.39. The zero-order valence-corrected chi connectivity index (χ0v) is 9.69. The summed E-state index contributed by atoms with van der Waals surface area (Å²) in [5, 5.41) is 12.0. The van der Waals surface area contributed by atoms with E-state index in [0.29, 0.717) is 18.2 Å². The highest BCUT2D eigenvalue weighted by molar-refractivity contribution is 5.87. The summed E-state index contributed by atoms with van der Waals surface area (Å²) in [6, 6.07) is 1.57. The lowest BCUT2D eigenvalue weighted by molar-refractivity contribution is 0.0696. The first-order valence-corrected chi connectivity index (χ1v) is 5.92. The minimum atomic E-state index is -0.947.